The summed E-state index contributed by atoms with van der Waals surface area (Å²) < 4.78 is 0. The zero-order valence-electron chi connectivity index (χ0n) is 13.5. The van der Waals surface area contributed by atoms with Crippen molar-refractivity contribution < 1.29 is 0 Å². The van der Waals surface area contributed by atoms with E-state index in [1.807, 2.05) is 0 Å². The Morgan fingerprint density at radius 1 is 1.10 bits per heavy atom. The maximum Gasteiger partial charge on any atom is 0.137 e. The van der Waals surface area contributed by atoms with Crippen LogP contribution in [0.3, 0.4) is 0 Å². The number of nitrogens with zero attached hydrogens (tertiary/aromatic N) is 4. The number of H-pyrrole nitrogens is 1. The van der Waals surface area contributed by atoms with Crippen LogP contribution in [0.5, 0.6) is 0 Å². The van der Waals surface area contributed by atoms with Crippen LogP contribution in [0.15, 0.2) is 6.33 Å². The minimum Gasteiger partial charge on any atom is -0.303 e. The molecule has 0 unspecified atom stereocenters. The lowest BCUT2D eigenvalue weighted by Crippen LogP contribution is -2.44. The number of aromatic amines is 1. The van der Waals surface area contributed by atoms with Gasteiger partial charge in [0, 0.05) is 19.0 Å². The Morgan fingerprint density at radius 3 is 2.29 bits per heavy atom. The third-order valence-corrected chi connectivity index (χ3v) is 4.91. The Kier molecular flexibility index (Phi) is 4.60. The Morgan fingerprint density at radius 2 is 1.71 bits per heavy atom. The number of hydrogen-bond acceptors (Lipinski definition) is 4. The van der Waals surface area contributed by atoms with Gasteiger partial charge in [0.15, 0.2) is 0 Å². The van der Waals surface area contributed by atoms with Crippen LogP contribution in [0.1, 0.15) is 51.3 Å². The van der Waals surface area contributed by atoms with E-state index in [0.717, 1.165) is 5.82 Å². The lowest BCUT2D eigenvalue weighted by atomic mass is 9.89. The van der Waals surface area contributed by atoms with Gasteiger partial charge in [-0.1, -0.05) is 13.8 Å². The molecule has 0 radical (unpaired) electrons. The summed E-state index contributed by atoms with van der Waals surface area (Å²) in [6.07, 6.45) is 6.81. The van der Waals surface area contributed by atoms with Crippen LogP contribution in [0.25, 0.3) is 0 Å². The highest BCUT2D eigenvalue weighted by atomic mass is 15.2. The molecule has 1 N–H and O–H groups in total. The molecule has 0 amide bonds. The van der Waals surface area contributed by atoms with Gasteiger partial charge < -0.3 is 9.80 Å². The molecule has 5 heteroatoms. The number of piperidine rings is 1. The van der Waals surface area contributed by atoms with E-state index in [1.54, 1.807) is 6.33 Å². The number of hydrogen-bond donors (Lipinski definition) is 1. The zero-order chi connectivity index (χ0) is 14.7. The predicted molar refractivity (Wildman–Crippen MR) is 84.3 cm³/mol. The molecule has 5 nitrogen and oxygen atoms in total. The molecule has 1 aromatic rings. The Bertz CT molecular complexity index is 414. The molecule has 21 heavy (non-hydrogen) atoms. The van der Waals surface area contributed by atoms with E-state index < -0.39 is 0 Å². The van der Waals surface area contributed by atoms with Gasteiger partial charge in [-0.25, -0.2) is 4.98 Å². The normalized spacial score (nSPS) is 23.0. The summed E-state index contributed by atoms with van der Waals surface area (Å²) in [4.78, 5) is 9.60. The summed E-state index contributed by atoms with van der Waals surface area (Å²) >= 11 is 0. The van der Waals surface area contributed by atoms with Crippen LogP contribution in [0.4, 0.5) is 0 Å². The molecule has 0 aliphatic carbocycles. The molecular weight excluding hydrogens is 262 g/mol. The van der Waals surface area contributed by atoms with E-state index in [1.165, 1.54) is 65.0 Å². The van der Waals surface area contributed by atoms with Gasteiger partial charge in [-0.3, -0.25) is 5.10 Å². The van der Waals surface area contributed by atoms with Gasteiger partial charge in [0.2, 0.25) is 0 Å². The first-order valence-corrected chi connectivity index (χ1v) is 8.42. The van der Waals surface area contributed by atoms with Crippen molar-refractivity contribution in [2.75, 3.05) is 39.3 Å². The average molecular weight is 291 g/mol. The van der Waals surface area contributed by atoms with Crippen LogP contribution in [-0.4, -0.2) is 64.2 Å². The SMILES string of the molecule is CC(C)(CN1CCCC1)CN1CCC(c2ncn[nH]2)CC1. The minimum absolute atomic E-state index is 0.392. The second-order valence-electron chi connectivity index (χ2n) is 7.57. The maximum absolute atomic E-state index is 4.32. The number of likely N-dealkylation sites (tertiary alicyclic amines) is 2. The molecule has 1 aromatic heterocycles. The van der Waals surface area contributed by atoms with Gasteiger partial charge in [0.05, 0.1) is 0 Å². The molecule has 2 saturated heterocycles. The van der Waals surface area contributed by atoms with Crippen molar-refractivity contribution in [3.8, 4) is 0 Å². The maximum atomic E-state index is 4.32. The van der Waals surface area contributed by atoms with Crippen molar-refractivity contribution in [3.05, 3.63) is 12.2 Å². The highest BCUT2D eigenvalue weighted by molar-refractivity contribution is 4.96. The Labute approximate surface area is 128 Å². The fraction of sp³-hybridized carbons (Fsp3) is 0.875. The van der Waals surface area contributed by atoms with E-state index in [-0.39, 0.29) is 0 Å². The van der Waals surface area contributed by atoms with Crippen LogP contribution in [-0.2, 0) is 0 Å². The molecular formula is C16H29N5. The summed E-state index contributed by atoms with van der Waals surface area (Å²) in [6, 6.07) is 0. The topological polar surface area (TPSA) is 48.1 Å². The molecule has 3 heterocycles. The largest absolute Gasteiger partial charge is 0.303 e. The molecule has 3 rings (SSSR count). The van der Waals surface area contributed by atoms with Gasteiger partial charge in [-0.2, -0.15) is 5.10 Å². The zero-order valence-corrected chi connectivity index (χ0v) is 13.5. The quantitative estimate of drug-likeness (QED) is 0.902. The van der Waals surface area contributed by atoms with Crippen LogP contribution in [0, 0.1) is 5.41 Å². The number of aromatic nitrogens is 3. The van der Waals surface area contributed by atoms with Crippen LogP contribution in [0.2, 0.25) is 0 Å². The molecule has 0 spiro atoms. The van der Waals surface area contributed by atoms with E-state index >= 15 is 0 Å². The smallest absolute Gasteiger partial charge is 0.137 e. The van der Waals surface area contributed by atoms with Crippen molar-refractivity contribution in [1.82, 2.24) is 25.0 Å². The van der Waals surface area contributed by atoms with Crippen molar-refractivity contribution in [1.29, 1.82) is 0 Å². The average Bonchev–Trinajstić information content (AvgIpc) is 3.11. The van der Waals surface area contributed by atoms with Crippen molar-refractivity contribution in [2.24, 2.45) is 5.41 Å². The van der Waals surface area contributed by atoms with Gasteiger partial charge >= 0.3 is 0 Å². The molecule has 0 atom stereocenters. The van der Waals surface area contributed by atoms with E-state index in [4.69, 9.17) is 0 Å². The van der Waals surface area contributed by atoms with Gasteiger partial charge in [-0.15, -0.1) is 0 Å². The fourth-order valence-electron chi connectivity index (χ4n) is 3.98. The minimum atomic E-state index is 0.392. The van der Waals surface area contributed by atoms with Gasteiger partial charge in [0.25, 0.3) is 0 Å². The summed E-state index contributed by atoms with van der Waals surface area (Å²) in [5.41, 5.74) is 0.392. The van der Waals surface area contributed by atoms with Gasteiger partial charge in [0.1, 0.15) is 12.2 Å². The summed E-state index contributed by atoms with van der Waals surface area (Å²) in [6.45, 7) is 12.3. The summed E-state index contributed by atoms with van der Waals surface area (Å²) in [5.74, 6) is 1.65. The van der Waals surface area contributed by atoms with Crippen LogP contribution >= 0.6 is 0 Å². The van der Waals surface area contributed by atoms with Crippen molar-refractivity contribution >= 4 is 0 Å². The third kappa shape index (κ3) is 4.04. The first kappa shape index (κ1) is 15.0. The van der Waals surface area contributed by atoms with Crippen molar-refractivity contribution in [2.45, 2.75) is 45.4 Å². The molecule has 2 fully saturated rings. The number of rotatable bonds is 5. The predicted octanol–water partition coefficient (Wildman–Crippen LogP) is 2.11. The van der Waals surface area contributed by atoms with Crippen molar-refractivity contribution in [3.63, 3.8) is 0 Å². The Balaban J connectivity index is 1.45. The fourth-order valence-corrected chi connectivity index (χ4v) is 3.98. The molecule has 118 valence electrons. The highest BCUT2D eigenvalue weighted by Crippen LogP contribution is 2.28. The van der Waals surface area contributed by atoms with E-state index in [2.05, 4.69) is 38.8 Å². The third-order valence-electron chi connectivity index (χ3n) is 4.91. The highest BCUT2D eigenvalue weighted by Gasteiger charge is 2.29. The van der Waals surface area contributed by atoms with Crippen LogP contribution < -0.4 is 0 Å². The second kappa shape index (κ2) is 6.44. The molecule has 0 bridgehead atoms. The van der Waals surface area contributed by atoms with E-state index in [9.17, 15) is 0 Å². The van der Waals surface area contributed by atoms with Gasteiger partial charge in [-0.05, 0) is 57.3 Å². The summed E-state index contributed by atoms with van der Waals surface area (Å²) in [7, 11) is 0. The molecule has 0 aromatic carbocycles. The van der Waals surface area contributed by atoms with E-state index in [0.29, 0.717) is 11.3 Å². The second-order valence-corrected chi connectivity index (χ2v) is 7.57. The monoisotopic (exact) mass is 291 g/mol. The molecule has 2 aliphatic heterocycles. The molecule has 0 saturated carbocycles. The Hall–Kier alpha value is -0.940. The number of nitrogens with one attached hydrogen (secondary N) is 1. The first-order valence-electron chi connectivity index (χ1n) is 8.42. The lowest BCUT2D eigenvalue weighted by molar-refractivity contribution is 0.112. The molecule has 2 aliphatic rings. The first-order chi connectivity index (χ1) is 10.1. The lowest BCUT2D eigenvalue weighted by Gasteiger charge is -2.38. The standard InChI is InChI=1S/C16H29N5/c1-16(2,11-20-7-3-4-8-20)12-21-9-5-14(6-10-21)15-17-13-18-19-15/h13-14H,3-12H2,1-2H3,(H,17,18,19). The summed E-state index contributed by atoms with van der Waals surface area (Å²) in [5, 5.41) is 7.01.